The average molecular weight is 346 g/mol. The summed E-state index contributed by atoms with van der Waals surface area (Å²) < 4.78 is 5.37. The van der Waals surface area contributed by atoms with Crippen LogP contribution in [0.2, 0.25) is 0 Å². The van der Waals surface area contributed by atoms with E-state index in [1.54, 1.807) is 4.90 Å². The molecule has 2 fully saturated rings. The molecule has 1 amide bonds. The van der Waals surface area contributed by atoms with Crippen molar-refractivity contribution in [2.75, 3.05) is 39.4 Å². The van der Waals surface area contributed by atoms with Crippen LogP contribution in [-0.2, 0) is 14.3 Å². The molecular formula is C19H26N2O4. The third-order valence-corrected chi connectivity index (χ3v) is 5.29. The van der Waals surface area contributed by atoms with E-state index in [9.17, 15) is 14.7 Å². The highest BCUT2D eigenvalue weighted by Gasteiger charge is 2.41. The first-order chi connectivity index (χ1) is 12.1. The summed E-state index contributed by atoms with van der Waals surface area (Å²) >= 11 is 0. The van der Waals surface area contributed by atoms with E-state index in [2.05, 4.69) is 4.90 Å². The second-order valence-corrected chi connectivity index (χ2v) is 6.83. The third-order valence-electron chi connectivity index (χ3n) is 5.29. The summed E-state index contributed by atoms with van der Waals surface area (Å²) in [5, 5.41) is 9.72. The molecule has 2 atom stereocenters. The lowest BCUT2D eigenvalue weighted by Crippen LogP contribution is -2.49. The Hall–Kier alpha value is -1.92. The molecule has 0 aliphatic carbocycles. The summed E-state index contributed by atoms with van der Waals surface area (Å²) in [7, 11) is 0. The number of amides is 1. The largest absolute Gasteiger partial charge is 0.481 e. The normalized spacial score (nSPS) is 25.2. The van der Waals surface area contributed by atoms with Crippen LogP contribution in [0.25, 0.3) is 0 Å². The fourth-order valence-electron chi connectivity index (χ4n) is 3.85. The molecule has 2 saturated heterocycles. The van der Waals surface area contributed by atoms with Crippen LogP contribution >= 0.6 is 0 Å². The molecule has 2 aliphatic rings. The summed E-state index contributed by atoms with van der Waals surface area (Å²) in [6.07, 6.45) is 0.712. The second-order valence-electron chi connectivity index (χ2n) is 6.83. The average Bonchev–Trinajstić information content (AvgIpc) is 2.61. The number of carbonyl (C=O) groups is 2. The van der Waals surface area contributed by atoms with Crippen LogP contribution in [0, 0.1) is 12.8 Å². The number of carboxylic acid groups (broad SMARTS) is 1. The summed E-state index contributed by atoms with van der Waals surface area (Å²) in [5.74, 6) is -1.32. The number of hydrogen-bond donors (Lipinski definition) is 1. The Balaban J connectivity index is 1.83. The lowest BCUT2D eigenvalue weighted by molar-refractivity contribution is -0.152. The number of ether oxygens (including phenoxy) is 1. The van der Waals surface area contributed by atoms with Gasteiger partial charge in [-0.05, 0) is 24.5 Å². The zero-order valence-electron chi connectivity index (χ0n) is 14.7. The predicted molar refractivity (Wildman–Crippen MR) is 93.3 cm³/mol. The fraction of sp³-hybridized carbons (Fsp3) is 0.579. The predicted octanol–water partition coefficient (Wildman–Crippen LogP) is 1.69. The molecule has 136 valence electrons. The smallest absolute Gasteiger partial charge is 0.308 e. The van der Waals surface area contributed by atoms with Crippen LogP contribution in [0.15, 0.2) is 24.3 Å². The fourth-order valence-corrected chi connectivity index (χ4v) is 3.85. The maximum absolute atomic E-state index is 12.6. The van der Waals surface area contributed by atoms with Crippen LogP contribution in [0.1, 0.15) is 30.0 Å². The van der Waals surface area contributed by atoms with E-state index in [1.807, 2.05) is 31.2 Å². The van der Waals surface area contributed by atoms with Gasteiger partial charge < -0.3 is 14.7 Å². The first-order valence-electron chi connectivity index (χ1n) is 8.96. The van der Waals surface area contributed by atoms with Gasteiger partial charge in [0.2, 0.25) is 5.91 Å². The zero-order chi connectivity index (χ0) is 17.8. The van der Waals surface area contributed by atoms with Gasteiger partial charge in [-0.15, -0.1) is 0 Å². The number of carboxylic acids is 1. The van der Waals surface area contributed by atoms with E-state index in [0.717, 1.165) is 30.8 Å². The highest BCUT2D eigenvalue weighted by molar-refractivity contribution is 5.82. The van der Waals surface area contributed by atoms with Gasteiger partial charge in [0, 0.05) is 32.6 Å². The highest BCUT2D eigenvalue weighted by atomic mass is 16.5. The van der Waals surface area contributed by atoms with Crippen LogP contribution < -0.4 is 0 Å². The molecule has 1 N–H and O–H groups in total. The molecule has 0 radical (unpaired) electrons. The topological polar surface area (TPSA) is 70.1 Å². The summed E-state index contributed by atoms with van der Waals surface area (Å²) in [5.41, 5.74) is 1.98. The minimum Gasteiger partial charge on any atom is -0.481 e. The lowest BCUT2D eigenvalue weighted by Gasteiger charge is -2.41. The van der Waals surface area contributed by atoms with Crippen LogP contribution in [-0.4, -0.2) is 66.2 Å². The maximum Gasteiger partial charge on any atom is 0.308 e. The molecular weight excluding hydrogens is 320 g/mol. The van der Waals surface area contributed by atoms with Crippen molar-refractivity contribution in [1.82, 2.24) is 9.80 Å². The van der Waals surface area contributed by atoms with Gasteiger partial charge in [0.25, 0.3) is 0 Å². The van der Waals surface area contributed by atoms with Gasteiger partial charge in [0.05, 0.1) is 25.2 Å². The van der Waals surface area contributed by atoms with Gasteiger partial charge in [0.15, 0.2) is 0 Å². The van der Waals surface area contributed by atoms with Crippen LogP contribution in [0.4, 0.5) is 0 Å². The van der Waals surface area contributed by atoms with Crippen LogP contribution in [0.5, 0.6) is 0 Å². The molecule has 3 rings (SSSR count). The molecule has 2 unspecified atom stereocenters. The van der Waals surface area contributed by atoms with E-state index in [0.29, 0.717) is 32.6 Å². The van der Waals surface area contributed by atoms with Crippen molar-refractivity contribution in [2.45, 2.75) is 25.8 Å². The number of aliphatic carboxylic acids is 1. The summed E-state index contributed by atoms with van der Waals surface area (Å²) in [6, 6.07) is 7.41. The SMILES string of the molecule is Cc1ccccc1C1C(C(=O)O)CCC(=O)N1CCN1CCOCC1. The van der Waals surface area contributed by atoms with Crippen molar-refractivity contribution in [1.29, 1.82) is 0 Å². The van der Waals surface area contributed by atoms with E-state index in [4.69, 9.17) is 4.74 Å². The molecule has 2 aliphatic heterocycles. The number of piperidine rings is 1. The molecule has 25 heavy (non-hydrogen) atoms. The third kappa shape index (κ3) is 4.02. The number of morpholine rings is 1. The molecule has 2 heterocycles. The minimum absolute atomic E-state index is 0.0546. The number of likely N-dealkylation sites (tertiary alicyclic amines) is 1. The molecule has 6 nitrogen and oxygen atoms in total. The number of aryl methyl sites for hydroxylation is 1. The standard InChI is InChI=1S/C19H26N2O4/c1-14-4-2-3-5-15(14)18-16(19(23)24)6-7-17(22)21(18)9-8-20-10-12-25-13-11-20/h2-5,16,18H,6-13H2,1H3,(H,23,24). The number of rotatable bonds is 5. The van der Waals surface area contributed by atoms with Gasteiger partial charge in [0.1, 0.15) is 0 Å². The van der Waals surface area contributed by atoms with Crippen molar-refractivity contribution in [3.8, 4) is 0 Å². The van der Waals surface area contributed by atoms with E-state index in [-0.39, 0.29) is 11.9 Å². The lowest BCUT2D eigenvalue weighted by atomic mass is 9.82. The Bertz CT molecular complexity index is 628. The quantitative estimate of drug-likeness (QED) is 0.879. The van der Waals surface area contributed by atoms with Gasteiger partial charge in [-0.2, -0.15) is 0 Å². The molecule has 1 aromatic carbocycles. The van der Waals surface area contributed by atoms with Gasteiger partial charge in [-0.1, -0.05) is 24.3 Å². The Morgan fingerprint density at radius 3 is 2.64 bits per heavy atom. The molecule has 0 bridgehead atoms. The van der Waals surface area contributed by atoms with Crippen molar-refractivity contribution in [2.24, 2.45) is 5.92 Å². The van der Waals surface area contributed by atoms with Crippen molar-refractivity contribution in [3.05, 3.63) is 35.4 Å². The zero-order valence-corrected chi connectivity index (χ0v) is 14.7. The van der Waals surface area contributed by atoms with Crippen molar-refractivity contribution in [3.63, 3.8) is 0 Å². The van der Waals surface area contributed by atoms with Crippen molar-refractivity contribution < 1.29 is 19.4 Å². The van der Waals surface area contributed by atoms with Crippen LogP contribution in [0.3, 0.4) is 0 Å². The molecule has 6 heteroatoms. The van der Waals surface area contributed by atoms with Gasteiger partial charge in [-0.25, -0.2) is 0 Å². The van der Waals surface area contributed by atoms with E-state index < -0.39 is 11.9 Å². The van der Waals surface area contributed by atoms with E-state index in [1.165, 1.54) is 0 Å². The summed E-state index contributed by atoms with van der Waals surface area (Å²) in [4.78, 5) is 28.5. The number of nitrogens with zero attached hydrogens (tertiary/aromatic N) is 2. The minimum atomic E-state index is -0.822. The first-order valence-corrected chi connectivity index (χ1v) is 8.96. The Labute approximate surface area is 148 Å². The first kappa shape index (κ1) is 17.9. The Kier molecular flexibility index (Phi) is 5.71. The van der Waals surface area contributed by atoms with Gasteiger partial charge >= 0.3 is 5.97 Å². The second kappa shape index (κ2) is 7.97. The molecule has 0 saturated carbocycles. The Morgan fingerprint density at radius 1 is 1.24 bits per heavy atom. The van der Waals surface area contributed by atoms with Crippen molar-refractivity contribution >= 4 is 11.9 Å². The number of carbonyl (C=O) groups excluding carboxylic acids is 1. The number of hydrogen-bond acceptors (Lipinski definition) is 4. The molecule has 1 aromatic rings. The highest BCUT2D eigenvalue weighted by Crippen LogP contribution is 2.38. The van der Waals surface area contributed by atoms with Gasteiger partial charge in [-0.3, -0.25) is 14.5 Å². The van der Waals surface area contributed by atoms with E-state index >= 15 is 0 Å². The monoisotopic (exact) mass is 346 g/mol. The maximum atomic E-state index is 12.6. The molecule has 0 spiro atoms. The summed E-state index contributed by atoms with van der Waals surface area (Å²) in [6.45, 7) is 6.44. The Morgan fingerprint density at radius 2 is 1.96 bits per heavy atom. The number of benzene rings is 1. The molecule has 0 aromatic heterocycles.